The molecule has 0 aromatic heterocycles. The molecule has 2 aromatic carbocycles. The van der Waals surface area contributed by atoms with Crippen molar-refractivity contribution < 1.29 is 23.9 Å². The molecule has 7 nitrogen and oxygen atoms in total. The van der Waals surface area contributed by atoms with E-state index >= 15 is 0 Å². The highest BCUT2D eigenvalue weighted by molar-refractivity contribution is 6.01. The number of carbonyl (C=O) groups is 2. The van der Waals surface area contributed by atoms with Gasteiger partial charge in [-0.3, -0.25) is 4.79 Å². The quantitative estimate of drug-likeness (QED) is 0.792. The van der Waals surface area contributed by atoms with E-state index in [1.165, 1.54) is 14.0 Å². The van der Waals surface area contributed by atoms with Crippen LogP contribution in [-0.4, -0.2) is 37.4 Å². The van der Waals surface area contributed by atoms with Crippen LogP contribution in [0.1, 0.15) is 29.3 Å². The number of nitrogens with zero attached hydrogens (tertiary/aromatic N) is 1. The van der Waals surface area contributed by atoms with Crippen molar-refractivity contribution in [2.75, 3.05) is 19.0 Å². The molecule has 0 aliphatic carbocycles. The molecule has 3 rings (SSSR count). The smallest absolute Gasteiger partial charge is 0.337 e. The summed E-state index contributed by atoms with van der Waals surface area (Å²) >= 11 is 0. The first-order valence-corrected chi connectivity index (χ1v) is 8.47. The Hall–Kier alpha value is -3.35. The number of nitrogens with one attached hydrogen (secondary N) is 1. The normalized spacial score (nSPS) is 15.5. The van der Waals surface area contributed by atoms with E-state index in [1.54, 1.807) is 24.3 Å². The molecule has 0 bridgehead atoms. The summed E-state index contributed by atoms with van der Waals surface area (Å²) in [7, 11) is 1.34. The lowest BCUT2D eigenvalue weighted by atomic mass is 10.0. The van der Waals surface area contributed by atoms with Gasteiger partial charge >= 0.3 is 5.97 Å². The number of hydrogen-bond donors (Lipinski definition) is 1. The van der Waals surface area contributed by atoms with Crippen molar-refractivity contribution in [3.63, 3.8) is 0 Å². The average molecular weight is 368 g/mol. The van der Waals surface area contributed by atoms with E-state index < -0.39 is 0 Å². The standard InChI is InChI=1S/C20H20N2O5/c1-13(23)21-16-7-3-14(4-8-16)19-11-18(27-22-19)12-26-17-9-5-15(6-10-17)20(24)25-2/h3-10,18H,11-12H2,1-2H3,(H,21,23). The van der Waals surface area contributed by atoms with Gasteiger partial charge in [0.2, 0.25) is 5.91 Å². The minimum Gasteiger partial charge on any atom is -0.490 e. The van der Waals surface area contributed by atoms with E-state index in [4.69, 9.17) is 9.57 Å². The summed E-state index contributed by atoms with van der Waals surface area (Å²) in [5, 5.41) is 6.85. The van der Waals surface area contributed by atoms with Crippen LogP contribution in [0.25, 0.3) is 0 Å². The molecule has 0 saturated carbocycles. The van der Waals surface area contributed by atoms with Gasteiger partial charge in [-0.25, -0.2) is 4.79 Å². The second-order valence-electron chi connectivity index (χ2n) is 6.06. The number of esters is 1. The molecular weight excluding hydrogens is 348 g/mol. The van der Waals surface area contributed by atoms with E-state index in [1.807, 2.05) is 24.3 Å². The molecule has 7 heteroatoms. The predicted molar refractivity (Wildman–Crippen MR) is 100 cm³/mol. The van der Waals surface area contributed by atoms with Gasteiger partial charge in [-0.05, 0) is 42.0 Å². The minimum atomic E-state index is -0.386. The van der Waals surface area contributed by atoms with Gasteiger partial charge in [0, 0.05) is 19.0 Å². The molecule has 27 heavy (non-hydrogen) atoms. The maximum atomic E-state index is 11.4. The van der Waals surface area contributed by atoms with Crippen molar-refractivity contribution >= 4 is 23.3 Å². The molecule has 1 heterocycles. The fourth-order valence-corrected chi connectivity index (χ4v) is 2.63. The first-order valence-electron chi connectivity index (χ1n) is 8.47. The van der Waals surface area contributed by atoms with Crippen LogP contribution in [0.5, 0.6) is 5.75 Å². The van der Waals surface area contributed by atoms with Crippen molar-refractivity contribution in [3.05, 3.63) is 59.7 Å². The Balaban J connectivity index is 1.50. The number of carbonyl (C=O) groups excluding carboxylic acids is 2. The highest BCUT2D eigenvalue weighted by Crippen LogP contribution is 2.20. The summed E-state index contributed by atoms with van der Waals surface area (Å²) < 4.78 is 10.4. The topological polar surface area (TPSA) is 86.2 Å². The van der Waals surface area contributed by atoms with Crippen molar-refractivity contribution in [3.8, 4) is 5.75 Å². The van der Waals surface area contributed by atoms with E-state index in [2.05, 4.69) is 15.2 Å². The molecule has 0 fully saturated rings. The van der Waals surface area contributed by atoms with Crippen LogP contribution in [0.2, 0.25) is 0 Å². The van der Waals surface area contributed by atoms with Crippen molar-refractivity contribution in [1.29, 1.82) is 0 Å². The Morgan fingerprint density at radius 3 is 2.48 bits per heavy atom. The molecule has 1 amide bonds. The molecule has 1 atom stereocenters. The molecule has 0 radical (unpaired) electrons. The van der Waals surface area contributed by atoms with Crippen LogP contribution in [0.3, 0.4) is 0 Å². The zero-order chi connectivity index (χ0) is 19.2. The lowest BCUT2D eigenvalue weighted by Crippen LogP contribution is -2.18. The first kappa shape index (κ1) is 18.4. The van der Waals surface area contributed by atoms with Crippen LogP contribution in [-0.2, 0) is 14.4 Å². The van der Waals surface area contributed by atoms with Crippen LogP contribution in [0.4, 0.5) is 5.69 Å². The number of oxime groups is 1. The number of methoxy groups -OCH3 is 1. The summed E-state index contributed by atoms with van der Waals surface area (Å²) in [6.07, 6.45) is 0.440. The highest BCUT2D eigenvalue weighted by atomic mass is 16.7. The van der Waals surface area contributed by atoms with Crippen LogP contribution < -0.4 is 10.1 Å². The Morgan fingerprint density at radius 2 is 1.85 bits per heavy atom. The highest BCUT2D eigenvalue weighted by Gasteiger charge is 2.23. The summed E-state index contributed by atoms with van der Waals surface area (Å²) in [4.78, 5) is 27.9. The fraction of sp³-hybridized carbons (Fsp3) is 0.250. The summed E-state index contributed by atoms with van der Waals surface area (Å²) in [5.74, 6) is 0.142. The Bertz CT molecular complexity index is 844. The number of amides is 1. The zero-order valence-electron chi connectivity index (χ0n) is 15.1. The number of ether oxygens (including phenoxy) is 2. The summed E-state index contributed by atoms with van der Waals surface area (Å²) in [5.41, 5.74) is 2.98. The Labute approximate surface area is 156 Å². The number of rotatable bonds is 6. The molecule has 1 N–H and O–H groups in total. The van der Waals surface area contributed by atoms with Crippen LogP contribution in [0, 0.1) is 0 Å². The zero-order valence-corrected chi connectivity index (χ0v) is 15.1. The third-order valence-corrected chi connectivity index (χ3v) is 3.98. The van der Waals surface area contributed by atoms with E-state index in [0.29, 0.717) is 24.3 Å². The number of benzene rings is 2. The van der Waals surface area contributed by atoms with Gasteiger partial charge in [0.05, 0.1) is 18.4 Å². The second-order valence-corrected chi connectivity index (χ2v) is 6.06. The Kier molecular flexibility index (Phi) is 5.71. The lowest BCUT2D eigenvalue weighted by molar-refractivity contribution is -0.114. The maximum absolute atomic E-state index is 11.4. The van der Waals surface area contributed by atoms with Crippen molar-refractivity contribution in [2.24, 2.45) is 5.16 Å². The molecule has 2 aromatic rings. The first-order chi connectivity index (χ1) is 13.0. The number of anilines is 1. The molecule has 1 unspecified atom stereocenters. The monoisotopic (exact) mass is 368 g/mol. The lowest BCUT2D eigenvalue weighted by Gasteiger charge is -2.11. The molecule has 0 spiro atoms. The third-order valence-electron chi connectivity index (χ3n) is 3.98. The van der Waals surface area contributed by atoms with E-state index in [0.717, 1.165) is 17.0 Å². The SMILES string of the molecule is COC(=O)c1ccc(OCC2CC(c3ccc(NC(C)=O)cc3)=NO2)cc1. The largest absolute Gasteiger partial charge is 0.490 e. The van der Waals surface area contributed by atoms with Crippen molar-refractivity contribution in [2.45, 2.75) is 19.4 Å². The van der Waals surface area contributed by atoms with Crippen LogP contribution >= 0.6 is 0 Å². The van der Waals surface area contributed by atoms with Gasteiger partial charge in [0.25, 0.3) is 0 Å². The minimum absolute atomic E-state index is 0.110. The van der Waals surface area contributed by atoms with Gasteiger partial charge in [-0.1, -0.05) is 17.3 Å². The summed E-state index contributed by atoms with van der Waals surface area (Å²) in [6, 6.07) is 14.2. The van der Waals surface area contributed by atoms with Gasteiger partial charge < -0.3 is 19.6 Å². The van der Waals surface area contributed by atoms with Gasteiger partial charge in [0.1, 0.15) is 12.4 Å². The van der Waals surface area contributed by atoms with E-state index in [9.17, 15) is 9.59 Å². The molecular formula is C20H20N2O5. The third kappa shape index (κ3) is 4.84. The van der Waals surface area contributed by atoms with Gasteiger partial charge in [-0.2, -0.15) is 0 Å². The molecule has 1 aliphatic rings. The van der Waals surface area contributed by atoms with Crippen LogP contribution in [0.15, 0.2) is 53.7 Å². The van der Waals surface area contributed by atoms with Crippen molar-refractivity contribution in [1.82, 2.24) is 0 Å². The maximum Gasteiger partial charge on any atom is 0.337 e. The Morgan fingerprint density at radius 1 is 1.15 bits per heavy atom. The predicted octanol–water partition coefficient (Wildman–Crippen LogP) is 3.00. The molecule has 1 aliphatic heterocycles. The van der Waals surface area contributed by atoms with Gasteiger partial charge in [0.15, 0.2) is 6.10 Å². The fourth-order valence-electron chi connectivity index (χ4n) is 2.63. The van der Waals surface area contributed by atoms with E-state index in [-0.39, 0.29) is 18.0 Å². The van der Waals surface area contributed by atoms with Gasteiger partial charge in [-0.15, -0.1) is 0 Å². The molecule has 0 saturated heterocycles. The second kappa shape index (κ2) is 8.35. The number of hydrogen-bond acceptors (Lipinski definition) is 6. The molecule has 140 valence electrons. The summed E-state index contributed by atoms with van der Waals surface area (Å²) in [6.45, 7) is 1.81. The average Bonchev–Trinajstić information content (AvgIpc) is 3.15.